The fourth-order valence-electron chi connectivity index (χ4n) is 3.09. The second kappa shape index (κ2) is 8.28. The summed E-state index contributed by atoms with van der Waals surface area (Å²) in [6, 6.07) is 8.83. The van der Waals surface area contributed by atoms with Crippen molar-refractivity contribution in [1.82, 2.24) is 15.6 Å². The number of nitrogens with one attached hydrogen (secondary N) is 2. The third-order valence-corrected chi connectivity index (χ3v) is 7.12. The monoisotopic (exact) mass is 393 g/mol. The van der Waals surface area contributed by atoms with Crippen molar-refractivity contribution in [3.63, 3.8) is 0 Å². The molecule has 3 heterocycles. The molecular formula is C18H23N3O3S2. The Bertz CT molecular complexity index is 823. The molecule has 1 saturated heterocycles. The molecule has 140 valence electrons. The van der Waals surface area contributed by atoms with E-state index in [0.717, 1.165) is 5.69 Å². The summed E-state index contributed by atoms with van der Waals surface area (Å²) in [6.07, 6.45) is 2.94. The Hall–Kier alpha value is -1.77. The standard InChI is InChI=1S/C18H23N3O3S2/c1-13(20-14-7-10-26(23,24)12-14)18(22)21-17(11-15-5-4-9-25-15)16-6-2-3-8-19-16/h2-6,8-9,13-14,17,20H,7,10-12H2,1H3,(H,21,22). The van der Waals surface area contributed by atoms with Crippen molar-refractivity contribution in [3.8, 4) is 0 Å². The minimum absolute atomic E-state index is 0.101. The van der Waals surface area contributed by atoms with E-state index < -0.39 is 15.9 Å². The van der Waals surface area contributed by atoms with E-state index in [1.165, 1.54) is 4.88 Å². The zero-order chi connectivity index (χ0) is 18.6. The summed E-state index contributed by atoms with van der Waals surface area (Å²) < 4.78 is 23.2. The molecule has 1 aliphatic rings. The highest BCUT2D eigenvalue weighted by molar-refractivity contribution is 7.91. The van der Waals surface area contributed by atoms with Crippen molar-refractivity contribution in [2.45, 2.75) is 37.9 Å². The number of pyridine rings is 1. The van der Waals surface area contributed by atoms with E-state index in [0.29, 0.717) is 12.8 Å². The van der Waals surface area contributed by atoms with Crippen LogP contribution in [-0.2, 0) is 21.1 Å². The predicted molar refractivity (Wildman–Crippen MR) is 103 cm³/mol. The zero-order valence-corrected chi connectivity index (χ0v) is 16.2. The Morgan fingerprint density at radius 1 is 1.35 bits per heavy atom. The number of amides is 1. The van der Waals surface area contributed by atoms with Gasteiger partial charge >= 0.3 is 0 Å². The first kappa shape index (κ1) is 19.0. The minimum atomic E-state index is -2.97. The molecular weight excluding hydrogens is 370 g/mol. The molecule has 3 rings (SSSR count). The fourth-order valence-corrected chi connectivity index (χ4v) is 5.53. The molecule has 0 aliphatic carbocycles. The summed E-state index contributed by atoms with van der Waals surface area (Å²) in [7, 11) is -2.97. The Morgan fingerprint density at radius 2 is 2.19 bits per heavy atom. The van der Waals surface area contributed by atoms with Gasteiger partial charge in [-0.1, -0.05) is 12.1 Å². The number of aromatic nitrogens is 1. The van der Waals surface area contributed by atoms with Crippen molar-refractivity contribution in [1.29, 1.82) is 0 Å². The number of thiophene rings is 1. The first-order valence-corrected chi connectivity index (χ1v) is 11.3. The van der Waals surface area contributed by atoms with E-state index in [4.69, 9.17) is 0 Å². The molecule has 8 heteroatoms. The second-order valence-electron chi connectivity index (χ2n) is 6.59. The molecule has 1 amide bonds. The van der Waals surface area contributed by atoms with Crippen LogP contribution in [0.3, 0.4) is 0 Å². The average Bonchev–Trinajstić information content (AvgIpc) is 3.24. The third kappa shape index (κ3) is 5.12. The third-order valence-electron chi connectivity index (χ3n) is 4.46. The highest BCUT2D eigenvalue weighted by atomic mass is 32.2. The molecule has 26 heavy (non-hydrogen) atoms. The van der Waals surface area contributed by atoms with Crippen LogP contribution in [0.4, 0.5) is 0 Å². The van der Waals surface area contributed by atoms with Gasteiger partial charge in [-0.25, -0.2) is 8.42 Å². The van der Waals surface area contributed by atoms with Gasteiger partial charge in [-0.05, 0) is 36.9 Å². The van der Waals surface area contributed by atoms with Gasteiger partial charge in [0.1, 0.15) is 0 Å². The molecule has 3 unspecified atom stereocenters. The smallest absolute Gasteiger partial charge is 0.237 e. The molecule has 6 nitrogen and oxygen atoms in total. The number of nitrogens with zero attached hydrogens (tertiary/aromatic N) is 1. The number of carbonyl (C=O) groups excluding carboxylic acids is 1. The highest BCUT2D eigenvalue weighted by Crippen LogP contribution is 2.20. The van der Waals surface area contributed by atoms with Gasteiger partial charge in [-0.3, -0.25) is 9.78 Å². The molecule has 0 radical (unpaired) electrons. The maximum Gasteiger partial charge on any atom is 0.237 e. The van der Waals surface area contributed by atoms with Crippen LogP contribution < -0.4 is 10.6 Å². The molecule has 1 aliphatic heterocycles. The highest BCUT2D eigenvalue weighted by Gasteiger charge is 2.30. The molecule has 2 aromatic heterocycles. The van der Waals surface area contributed by atoms with Gasteiger partial charge in [-0.2, -0.15) is 0 Å². The average molecular weight is 394 g/mol. The van der Waals surface area contributed by atoms with Gasteiger partial charge in [0.25, 0.3) is 0 Å². The fraction of sp³-hybridized carbons (Fsp3) is 0.444. The SMILES string of the molecule is CC(NC1CCS(=O)(=O)C1)C(=O)NC(Cc1cccs1)c1ccccn1. The van der Waals surface area contributed by atoms with E-state index in [1.54, 1.807) is 24.5 Å². The number of hydrogen-bond acceptors (Lipinski definition) is 6. The number of hydrogen-bond donors (Lipinski definition) is 2. The lowest BCUT2D eigenvalue weighted by Crippen LogP contribution is -2.48. The van der Waals surface area contributed by atoms with Crippen LogP contribution in [0.25, 0.3) is 0 Å². The van der Waals surface area contributed by atoms with Gasteiger partial charge in [0, 0.05) is 23.5 Å². The van der Waals surface area contributed by atoms with Crippen LogP contribution >= 0.6 is 11.3 Å². The summed E-state index contributed by atoms with van der Waals surface area (Å²) in [5.41, 5.74) is 0.810. The number of sulfone groups is 1. The van der Waals surface area contributed by atoms with E-state index in [-0.39, 0.29) is 29.5 Å². The molecule has 3 atom stereocenters. The summed E-state index contributed by atoms with van der Waals surface area (Å²) >= 11 is 1.65. The minimum Gasteiger partial charge on any atom is -0.346 e. The van der Waals surface area contributed by atoms with Crippen LogP contribution in [0.15, 0.2) is 41.9 Å². The predicted octanol–water partition coefficient (Wildman–Crippen LogP) is 1.71. The first-order chi connectivity index (χ1) is 12.4. The van der Waals surface area contributed by atoms with Gasteiger partial charge in [0.15, 0.2) is 9.84 Å². The molecule has 0 saturated carbocycles. The number of rotatable bonds is 7. The topological polar surface area (TPSA) is 88.2 Å². The zero-order valence-electron chi connectivity index (χ0n) is 14.6. The van der Waals surface area contributed by atoms with E-state index in [9.17, 15) is 13.2 Å². The molecule has 2 N–H and O–H groups in total. The van der Waals surface area contributed by atoms with Gasteiger partial charge in [0.05, 0.1) is 29.3 Å². The summed E-state index contributed by atoms with van der Waals surface area (Å²) in [5.74, 6) is 0.138. The maximum atomic E-state index is 12.7. The van der Waals surface area contributed by atoms with Gasteiger partial charge < -0.3 is 10.6 Å². The molecule has 2 aromatic rings. The largest absolute Gasteiger partial charge is 0.346 e. The van der Waals surface area contributed by atoms with Crippen LogP contribution in [0.1, 0.15) is 30.0 Å². The lowest BCUT2D eigenvalue weighted by molar-refractivity contribution is -0.123. The van der Waals surface area contributed by atoms with Crippen molar-refractivity contribution in [3.05, 3.63) is 52.5 Å². The van der Waals surface area contributed by atoms with Crippen LogP contribution in [0, 0.1) is 0 Å². The summed E-state index contributed by atoms with van der Waals surface area (Å²) in [5, 5.41) is 8.21. The van der Waals surface area contributed by atoms with Crippen molar-refractivity contribution in [2.75, 3.05) is 11.5 Å². The van der Waals surface area contributed by atoms with Crippen molar-refractivity contribution >= 4 is 27.1 Å². The Labute approximate surface area is 158 Å². The second-order valence-corrected chi connectivity index (χ2v) is 9.85. The Kier molecular flexibility index (Phi) is 6.05. The lowest BCUT2D eigenvalue weighted by Gasteiger charge is -2.22. The van der Waals surface area contributed by atoms with Crippen molar-refractivity contribution < 1.29 is 13.2 Å². The van der Waals surface area contributed by atoms with Crippen LogP contribution in [0.5, 0.6) is 0 Å². The molecule has 0 spiro atoms. The first-order valence-electron chi connectivity index (χ1n) is 8.63. The number of carbonyl (C=O) groups is 1. The van der Waals surface area contributed by atoms with Gasteiger partial charge in [-0.15, -0.1) is 11.3 Å². The van der Waals surface area contributed by atoms with E-state index in [2.05, 4.69) is 15.6 Å². The normalized spacial score (nSPS) is 21.2. The quantitative estimate of drug-likeness (QED) is 0.748. The molecule has 1 fully saturated rings. The summed E-state index contributed by atoms with van der Waals surface area (Å²) in [6.45, 7) is 1.76. The van der Waals surface area contributed by atoms with Crippen LogP contribution in [-0.4, -0.2) is 42.9 Å². The van der Waals surface area contributed by atoms with Gasteiger partial charge in [0.2, 0.25) is 5.91 Å². The molecule has 0 bridgehead atoms. The van der Waals surface area contributed by atoms with E-state index >= 15 is 0 Å². The Balaban J connectivity index is 1.64. The molecule has 0 aromatic carbocycles. The van der Waals surface area contributed by atoms with Crippen molar-refractivity contribution in [2.24, 2.45) is 0 Å². The van der Waals surface area contributed by atoms with Crippen LogP contribution in [0.2, 0.25) is 0 Å². The maximum absolute atomic E-state index is 12.7. The summed E-state index contributed by atoms with van der Waals surface area (Å²) in [4.78, 5) is 18.2. The van der Waals surface area contributed by atoms with E-state index in [1.807, 2.05) is 35.7 Å². The Morgan fingerprint density at radius 3 is 2.81 bits per heavy atom. The lowest BCUT2D eigenvalue weighted by atomic mass is 10.1.